The lowest BCUT2D eigenvalue weighted by atomic mass is 10.2. The minimum absolute atomic E-state index is 0.128. The number of fused-ring (bicyclic) bond motifs is 3. The molecule has 156 valence electrons. The van der Waals surface area contributed by atoms with Gasteiger partial charge in [0.2, 0.25) is 5.91 Å². The lowest BCUT2D eigenvalue weighted by molar-refractivity contribution is -0.149. The van der Waals surface area contributed by atoms with Crippen LogP contribution in [0, 0.1) is 0 Å². The molecule has 0 unspecified atom stereocenters. The van der Waals surface area contributed by atoms with Crippen LogP contribution in [-0.4, -0.2) is 43.5 Å². The Kier molecular flexibility index (Phi) is 5.29. The van der Waals surface area contributed by atoms with Gasteiger partial charge >= 0.3 is 5.97 Å². The SMILES string of the molecule is COc1ccc(NC(=O)COC(=O)[C@@]23CCC(=O)N2c2ccccc2S3)c(OC)c1. The molecule has 2 amide bonds. The van der Waals surface area contributed by atoms with E-state index in [4.69, 9.17) is 14.2 Å². The van der Waals surface area contributed by atoms with Crippen molar-refractivity contribution >= 4 is 40.9 Å². The normalized spacial score (nSPS) is 19.1. The van der Waals surface area contributed by atoms with E-state index in [1.54, 1.807) is 18.2 Å². The van der Waals surface area contributed by atoms with E-state index in [0.717, 1.165) is 4.90 Å². The van der Waals surface area contributed by atoms with E-state index in [1.807, 2.05) is 24.3 Å². The van der Waals surface area contributed by atoms with E-state index < -0.39 is 23.4 Å². The van der Waals surface area contributed by atoms with Crippen molar-refractivity contribution in [3.8, 4) is 11.5 Å². The molecule has 0 spiro atoms. The van der Waals surface area contributed by atoms with Crippen LogP contribution >= 0.6 is 11.8 Å². The number of thioether (sulfide) groups is 1. The van der Waals surface area contributed by atoms with Crippen LogP contribution in [0.25, 0.3) is 0 Å². The summed E-state index contributed by atoms with van der Waals surface area (Å²) >= 11 is 1.30. The van der Waals surface area contributed by atoms with Gasteiger partial charge in [-0.15, -0.1) is 0 Å². The zero-order chi connectivity index (χ0) is 21.3. The Labute approximate surface area is 177 Å². The van der Waals surface area contributed by atoms with Crippen molar-refractivity contribution in [2.75, 3.05) is 31.0 Å². The number of nitrogens with zero attached hydrogens (tertiary/aromatic N) is 1. The zero-order valence-corrected chi connectivity index (χ0v) is 17.3. The second-order valence-corrected chi connectivity index (χ2v) is 8.09. The van der Waals surface area contributed by atoms with Gasteiger partial charge in [-0.3, -0.25) is 14.5 Å². The lowest BCUT2D eigenvalue weighted by Crippen LogP contribution is -2.48. The molecule has 1 N–H and O–H groups in total. The van der Waals surface area contributed by atoms with Crippen molar-refractivity contribution in [3.05, 3.63) is 42.5 Å². The van der Waals surface area contributed by atoms with Gasteiger partial charge in [0.05, 0.1) is 25.6 Å². The van der Waals surface area contributed by atoms with Crippen LogP contribution in [-0.2, 0) is 19.1 Å². The smallest absolute Gasteiger partial charge is 0.344 e. The molecule has 4 rings (SSSR count). The molecule has 9 heteroatoms. The number of benzene rings is 2. The van der Waals surface area contributed by atoms with Crippen LogP contribution in [0.1, 0.15) is 12.8 Å². The molecule has 8 nitrogen and oxygen atoms in total. The summed E-state index contributed by atoms with van der Waals surface area (Å²) in [7, 11) is 3.01. The number of hydrogen-bond acceptors (Lipinski definition) is 7. The molecule has 0 saturated carbocycles. The summed E-state index contributed by atoms with van der Waals surface area (Å²) in [6.07, 6.45) is 0.587. The van der Waals surface area contributed by atoms with E-state index in [2.05, 4.69) is 5.32 Å². The maximum absolute atomic E-state index is 13.0. The summed E-state index contributed by atoms with van der Waals surface area (Å²) in [6.45, 7) is -0.477. The average Bonchev–Trinajstić information content (AvgIpc) is 3.28. The van der Waals surface area contributed by atoms with Gasteiger partial charge in [-0.25, -0.2) is 4.79 Å². The number of anilines is 2. The summed E-state index contributed by atoms with van der Waals surface area (Å²) in [6, 6.07) is 12.3. The van der Waals surface area contributed by atoms with Gasteiger partial charge in [-0.2, -0.15) is 0 Å². The fourth-order valence-electron chi connectivity index (χ4n) is 3.60. The Bertz CT molecular complexity index is 1030. The second kappa shape index (κ2) is 7.91. The van der Waals surface area contributed by atoms with E-state index in [1.165, 1.54) is 30.9 Å². The van der Waals surface area contributed by atoms with Crippen LogP contribution in [0.15, 0.2) is 47.4 Å². The number of hydrogen-bond donors (Lipinski definition) is 1. The number of amides is 2. The molecule has 2 aromatic rings. The van der Waals surface area contributed by atoms with E-state index >= 15 is 0 Å². The van der Waals surface area contributed by atoms with E-state index in [-0.39, 0.29) is 12.3 Å². The average molecular weight is 428 g/mol. The lowest BCUT2D eigenvalue weighted by Gasteiger charge is -2.28. The molecule has 30 heavy (non-hydrogen) atoms. The minimum atomic E-state index is -1.15. The Hall–Kier alpha value is -3.20. The zero-order valence-electron chi connectivity index (χ0n) is 16.5. The molecule has 2 aliphatic rings. The number of carbonyl (C=O) groups excluding carboxylic acids is 3. The maximum Gasteiger partial charge on any atom is 0.344 e. The molecule has 0 radical (unpaired) electrons. The Morgan fingerprint density at radius 2 is 1.97 bits per heavy atom. The molecule has 1 saturated heterocycles. The maximum atomic E-state index is 13.0. The summed E-state index contributed by atoms with van der Waals surface area (Å²) in [4.78, 5) is 39.0. The number of carbonyl (C=O) groups is 3. The molecule has 2 heterocycles. The molecular weight excluding hydrogens is 408 g/mol. The highest BCUT2D eigenvalue weighted by Gasteiger charge is 2.58. The molecule has 0 aliphatic carbocycles. The van der Waals surface area contributed by atoms with Crippen LogP contribution in [0.2, 0.25) is 0 Å². The first kappa shape index (κ1) is 20.1. The minimum Gasteiger partial charge on any atom is -0.497 e. The van der Waals surface area contributed by atoms with Crippen molar-refractivity contribution in [2.45, 2.75) is 22.6 Å². The Balaban J connectivity index is 1.44. The van der Waals surface area contributed by atoms with Gasteiger partial charge in [-0.05, 0) is 24.3 Å². The fourth-order valence-corrected chi connectivity index (χ4v) is 5.02. The van der Waals surface area contributed by atoms with Crippen molar-refractivity contribution in [2.24, 2.45) is 0 Å². The Morgan fingerprint density at radius 1 is 1.17 bits per heavy atom. The van der Waals surface area contributed by atoms with Crippen molar-refractivity contribution in [1.82, 2.24) is 0 Å². The summed E-state index contributed by atoms with van der Waals surface area (Å²) < 4.78 is 15.7. The third-order valence-electron chi connectivity index (χ3n) is 5.01. The number of nitrogens with one attached hydrogen (secondary N) is 1. The first-order valence-electron chi connectivity index (χ1n) is 9.29. The van der Waals surface area contributed by atoms with Gasteiger partial charge < -0.3 is 19.5 Å². The summed E-state index contributed by atoms with van der Waals surface area (Å²) in [5.74, 6) is -0.246. The number of ether oxygens (including phenoxy) is 3. The van der Waals surface area contributed by atoms with Gasteiger partial charge in [-0.1, -0.05) is 23.9 Å². The highest BCUT2D eigenvalue weighted by molar-refractivity contribution is 8.02. The molecule has 0 aromatic heterocycles. The number of rotatable bonds is 6. The first-order chi connectivity index (χ1) is 14.5. The molecule has 2 aliphatic heterocycles. The molecule has 1 fully saturated rings. The molecular formula is C21H20N2O6S. The van der Waals surface area contributed by atoms with Crippen molar-refractivity contribution in [1.29, 1.82) is 0 Å². The monoisotopic (exact) mass is 428 g/mol. The van der Waals surface area contributed by atoms with Crippen LogP contribution in [0.4, 0.5) is 11.4 Å². The van der Waals surface area contributed by atoms with Crippen molar-refractivity contribution < 1.29 is 28.6 Å². The highest BCUT2D eigenvalue weighted by Crippen LogP contribution is 2.56. The number of esters is 1. The fraction of sp³-hybridized carbons (Fsp3) is 0.286. The predicted octanol–water partition coefficient (Wildman–Crippen LogP) is 2.81. The second-order valence-electron chi connectivity index (χ2n) is 6.77. The van der Waals surface area contributed by atoms with Gasteiger partial charge in [0.25, 0.3) is 5.91 Å². The number of methoxy groups -OCH3 is 2. The third kappa shape index (κ3) is 3.35. The van der Waals surface area contributed by atoms with Crippen LogP contribution < -0.4 is 19.7 Å². The Morgan fingerprint density at radius 3 is 2.73 bits per heavy atom. The van der Waals surface area contributed by atoms with Crippen molar-refractivity contribution in [3.63, 3.8) is 0 Å². The first-order valence-corrected chi connectivity index (χ1v) is 10.1. The topological polar surface area (TPSA) is 94.2 Å². The quantitative estimate of drug-likeness (QED) is 0.707. The molecule has 0 bridgehead atoms. The van der Waals surface area contributed by atoms with Gasteiger partial charge in [0, 0.05) is 23.8 Å². The molecule has 1 atom stereocenters. The van der Waals surface area contributed by atoms with Crippen LogP contribution in [0.3, 0.4) is 0 Å². The number of para-hydroxylation sites is 1. The summed E-state index contributed by atoms with van der Waals surface area (Å²) in [5.41, 5.74) is 1.13. The predicted molar refractivity (Wildman–Crippen MR) is 111 cm³/mol. The third-order valence-corrected chi connectivity index (χ3v) is 6.47. The molecule has 2 aromatic carbocycles. The van der Waals surface area contributed by atoms with Gasteiger partial charge in [0.15, 0.2) is 11.5 Å². The van der Waals surface area contributed by atoms with Gasteiger partial charge in [0.1, 0.15) is 11.5 Å². The van der Waals surface area contributed by atoms with E-state index in [0.29, 0.717) is 29.3 Å². The largest absolute Gasteiger partial charge is 0.497 e. The summed E-state index contributed by atoms with van der Waals surface area (Å²) in [5, 5.41) is 2.66. The highest BCUT2D eigenvalue weighted by atomic mass is 32.2. The van der Waals surface area contributed by atoms with E-state index in [9.17, 15) is 14.4 Å². The standard InChI is InChI=1S/C21H20N2O6S/c1-27-13-7-8-14(16(11-13)28-2)22-18(24)12-29-20(26)21-10-9-19(25)23(21)15-5-3-4-6-17(15)30-21/h3-8,11H,9-10,12H2,1-2H3,(H,22,24)/t21-/m0/s1. The van der Waals surface area contributed by atoms with Crippen LogP contribution in [0.5, 0.6) is 11.5 Å².